The van der Waals surface area contributed by atoms with Gasteiger partial charge < -0.3 is 20.4 Å². The molecule has 0 aliphatic carbocycles. The highest BCUT2D eigenvalue weighted by Gasteiger charge is 2.42. The van der Waals surface area contributed by atoms with Crippen molar-refractivity contribution < 1.29 is 49.2 Å². The first-order chi connectivity index (χ1) is 19.0. The number of nitrogens with zero attached hydrogens (tertiary/aromatic N) is 2. The lowest BCUT2D eigenvalue weighted by Gasteiger charge is -2.32. The van der Waals surface area contributed by atoms with Crippen LogP contribution in [-0.2, 0) is 0 Å². The molecule has 40 heavy (non-hydrogen) atoms. The highest BCUT2D eigenvalue weighted by Crippen LogP contribution is 2.41. The van der Waals surface area contributed by atoms with Gasteiger partial charge in [0.05, 0.1) is 22.5 Å². The van der Waals surface area contributed by atoms with Crippen molar-refractivity contribution in [3.8, 4) is 11.5 Å². The molecule has 2 aliphatic rings. The number of anilines is 2. The third kappa shape index (κ3) is 3.19. The summed E-state index contributed by atoms with van der Waals surface area (Å²) in [6.45, 7) is 0. The van der Waals surface area contributed by atoms with Crippen molar-refractivity contribution in [2.45, 2.75) is 0 Å². The molecule has 4 N–H and O–H groups in total. The molecule has 0 spiro atoms. The SMILES string of the molecule is O=C(O)c1ccc(O)cc1N1C(=O)c2ccc3c4c(ccc(c24)C1=O)C(=O)N(c1cc(O)ccc1C(=O)O)C3=O. The summed E-state index contributed by atoms with van der Waals surface area (Å²) in [7, 11) is 0. The molecular weight excluding hydrogens is 524 g/mol. The number of phenols is 2. The molecule has 12 nitrogen and oxygen atoms in total. The summed E-state index contributed by atoms with van der Waals surface area (Å²) in [5.41, 5.74) is -2.00. The van der Waals surface area contributed by atoms with Crippen molar-refractivity contribution in [3.63, 3.8) is 0 Å². The largest absolute Gasteiger partial charge is 0.508 e. The Balaban J connectivity index is 1.57. The summed E-state index contributed by atoms with van der Waals surface area (Å²) >= 11 is 0. The fourth-order valence-corrected chi connectivity index (χ4v) is 5.08. The predicted molar refractivity (Wildman–Crippen MR) is 136 cm³/mol. The number of benzene rings is 4. The first-order valence-electron chi connectivity index (χ1n) is 11.5. The van der Waals surface area contributed by atoms with Gasteiger partial charge in [0, 0.05) is 45.2 Å². The van der Waals surface area contributed by atoms with E-state index in [2.05, 4.69) is 0 Å². The van der Waals surface area contributed by atoms with E-state index in [1.54, 1.807) is 0 Å². The van der Waals surface area contributed by atoms with Crippen LogP contribution in [-0.4, -0.2) is 56.0 Å². The van der Waals surface area contributed by atoms with Crippen LogP contribution < -0.4 is 9.80 Å². The number of carboxylic acids is 2. The zero-order valence-corrected chi connectivity index (χ0v) is 19.9. The van der Waals surface area contributed by atoms with Crippen LogP contribution in [0.2, 0.25) is 0 Å². The highest BCUT2D eigenvalue weighted by atomic mass is 16.4. The highest BCUT2D eigenvalue weighted by molar-refractivity contribution is 6.42. The van der Waals surface area contributed by atoms with Gasteiger partial charge in [-0.1, -0.05) is 0 Å². The topological polar surface area (TPSA) is 190 Å². The first-order valence-corrected chi connectivity index (χ1v) is 11.5. The lowest BCUT2D eigenvalue weighted by Crippen LogP contribution is -2.44. The molecule has 0 atom stereocenters. The van der Waals surface area contributed by atoms with E-state index in [0.29, 0.717) is 9.80 Å². The van der Waals surface area contributed by atoms with Crippen LogP contribution in [0.5, 0.6) is 11.5 Å². The maximum atomic E-state index is 13.6. The van der Waals surface area contributed by atoms with Crippen LogP contribution in [0.1, 0.15) is 62.1 Å². The number of amides is 4. The summed E-state index contributed by atoms with van der Waals surface area (Å²) in [5.74, 6) is -7.46. The lowest BCUT2D eigenvalue weighted by atomic mass is 9.85. The normalized spacial score (nSPS) is 14.2. The Morgan fingerprint density at radius 3 is 1.07 bits per heavy atom. The number of aromatic carboxylic acids is 2. The molecule has 4 amide bonds. The van der Waals surface area contributed by atoms with E-state index in [1.807, 2.05) is 0 Å². The molecule has 0 bridgehead atoms. The Morgan fingerprint density at radius 2 is 0.800 bits per heavy atom. The van der Waals surface area contributed by atoms with Crippen LogP contribution in [0.25, 0.3) is 10.8 Å². The molecule has 6 rings (SSSR count). The van der Waals surface area contributed by atoms with Gasteiger partial charge in [-0.25, -0.2) is 19.4 Å². The van der Waals surface area contributed by atoms with E-state index in [0.717, 1.165) is 36.4 Å². The number of imide groups is 2. The molecule has 2 heterocycles. The van der Waals surface area contributed by atoms with E-state index in [4.69, 9.17) is 0 Å². The van der Waals surface area contributed by atoms with Gasteiger partial charge in [-0.15, -0.1) is 0 Å². The van der Waals surface area contributed by atoms with E-state index in [1.165, 1.54) is 24.3 Å². The monoisotopic (exact) mass is 538 g/mol. The second kappa shape index (κ2) is 8.23. The zero-order valence-electron chi connectivity index (χ0n) is 19.9. The van der Waals surface area contributed by atoms with Crippen molar-refractivity contribution in [3.05, 3.63) is 94.0 Å². The molecule has 0 saturated carbocycles. The molecule has 0 radical (unpaired) electrons. The van der Waals surface area contributed by atoms with Crippen LogP contribution >= 0.6 is 0 Å². The third-order valence-electron chi connectivity index (χ3n) is 6.80. The minimum Gasteiger partial charge on any atom is -0.508 e. The molecule has 196 valence electrons. The molecule has 4 aromatic rings. The number of carbonyl (C=O) groups excluding carboxylic acids is 4. The summed E-state index contributed by atoms with van der Waals surface area (Å²) in [4.78, 5) is 79.2. The molecule has 0 saturated heterocycles. The van der Waals surface area contributed by atoms with Crippen molar-refractivity contribution in [2.24, 2.45) is 0 Å². The van der Waals surface area contributed by atoms with Gasteiger partial charge in [-0.05, 0) is 48.5 Å². The number of carbonyl (C=O) groups is 6. The van der Waals surface area contributed by atoms with Gasteiger partial charge in [0.2, 0.25) is 0 Å². The van der Waals surface area contributed by atoms with Crippen molar-refractivity contribution in [1.29, 1.82) is 0 Å². The summed E-state index contributed by atoms with van der Waals surface area (Å²) in [6.07, 6.45) is 0. The van der Waals surface area contributed by atoms with Gasteiger partial charge in [0.1, 0.15) is 11.5 Å². The number of phenolic OH excluding ortho intramolecular Hbond substituents is 2. The lowest BCUT2D eigenvalue weighted by molar-refractivity contribution is 0.0685. The third-order valence-corrected chi connectivity index (χ3v) is 6.80. The van der Waals surface area contributed by atoms with Gasteiger partial charge in [-0.3, -0.25) is 19.2 Å². The smallest absolute Gasteiger partial charge is 0.337 e. The Bertz CT molecular complexity index is 1720. The first kappa shape index (κ1) is 24.3. The zero-order chi connectivity index (χ0) is 28.6. The molecule has 0 fully saturated rings. The standard InChI is InChI=1S/C28H14N2O10/c31-11-1-3-13(27(37)38)19(9-11)29-23(33)15-5-7-17-22-18(8-6-16(21(15)22)24(29)34)26(36)30(25(17)35)20-10-12(32)2-4-14(20)28(39)40/h1-10,31-32H,(H,37,38)(H,39,40). The average molecular weight is 538 g/mol. The maximum absolute atomic E-state index is 13.6. The van der Waals surface area contributed by atoms with Crippen LogP contribution in [0, 0.1) is 0 Å². The van der Waals surface area contributed by atoms with Crippen LogP contribution in [0.15, 0.2) is 60.7 Å². The Hall–Kier alpha value is -6.04. The number of hydrogen-bond acceptors (Lipinski definition) is 8. The van der Waals surface area contributed by atoms with Crippen LogP contribution in [0.3, 0.4) is 0 Å². The summed E-state index contributed by atoms with van der Waals surface area (Å²) in [5, 5.41) is 39.1. The molecule has 12 heteroatoms. The van der Waals surface area contributed by atoms with Gasteiger partial charge in [0.15, 0.2) is 0 Å². The van der Waals surface area contributed by atoms with E-state index in [-0.39, 0.29) is 55.9 Å². The Kier molecular flexibility index (Phi) is 5.00. The second-order valence-corrected chi connectivity index (χ2v) is 8.98. The number of aromatic hydroxyl groups is 2. The minimum absolute atomic E-state index is 0.00556. The fraction of sp³-hybridized carbons (Fsp3) is 0. The molecule has 0 aromatic heterocycles. The van der Waals surface area contributed by atoms with E-state index < -0.39 is 46.7 Å². The predicted octanol–water partition coefficient (Wildman–Crippen LogP) is 3.25. The van der Waals surface area contributed by atoms with Crippen molar-refractivity contribution >= 4 is 57.7 Å². The maximum Gasteiger partial charge on any atom is 0.337 e. The molecular formula is C28H14N2O10. The Labute approximate surface area is 222 Å². The number of hydrogen-bond donors (Lipinski definition) is 4. The summed E-state index contributed by atoms with van der Waals surface area (Å²) in [6, 6.07) is 11.2. The van der Waals surface area contributed by atoms with Gasteiger partial charge in [-0.2, -0.15) is 0 Å². The second-order valence-electron chi connectivity index (χ2n) is 8.98. The van der Waals surface area contributed by atoms with E-state index >= 15 is 0 Å². The quantitative estimate of drug-likeness (QED) is 0.281. The van der Waals surface area contributed by atoms with Gasteiger partial charge >= 0.3 is 11.9 Å². The average Bonchev–Trinajstić information content (AvgIpc) is 2.90. The summed E-state index contributed by atoms with van der Waals surface area (Å²) < 4.78 is 0. The number of rotatable bonds is 4. The van der Waals surface area contributed by atoms with Gasteiger partial charge in [0.25, 0.3) is 23.6 Å². The van der Waals surface area contributed by atoms with Crippen LogP contribution in [0.4, 0.5) is 11.4 Å². The van der Waals surface area contributed by atoms with Crippen molar-refractivity contribution in [1.82, 2.24) is 0 Å². The molecule has 4 aromatic carbocycles. The Morgan fingerprint density at radius 1 is 0.500 bits per heavy atom. The molecule has 2 aliphatic heterocycles. The van der Waals surface area contributed by atoms with E-state index in [9.17, 15) is 49.2 Å². The number of carboxylic acid groups (broad SMARTS) is 2. The molecule has 0 unspecified atom stereocenters. The fourth-order valence-electron chi connectivity index (χ4n) is 5.08. The minimum atomic E-state index is -1.45. The van der Waals surface area contributed by atoms with Crippen molar-refractivity contribution in [2.75, 3.05) is 9.80 Å².